The second kappa shape index (κ2) is 10.2. The summed E-state index contributed by atoms with van der Waals surface area (Å²) in [7, 11) is 1.68. The molecule has 160 valence electrons. The van der Waals surface area contributed by atoms with Gasteiger partial charge in [0.05, 0.1) is 7.11 Å². The fourth-order valence-electron chi connectivity index (χ4n) is 4.18. The van der Waals surface area contributed by atoms with Gasteiger partial charge in [0.25, 0.3) is 5.91 Å². The van der Waals surface area contributed by atoms with Gasteiger partial charge in [-0.15, -0.1) is 0 Å². The van der Waals surface area contributed by atoms with Crippen LogP contribution in [-0.2, 0) is 19.4 Å². The van der Waals surface area contributed by atoms with Crippen molar-refractivity contribution in [3.05, 3.63) is 95.1 Å². The first-order valence-corrected chi connectivity index (χ1v) is 11.1. The van der Waals surface area contributed by atoms with Crippen LogP contribution in [0, 0.1) is 0 Å². The molecule has 0 atom stereocenters. The van der Waals surface area contributed by atoms with E-state index in [0.29, 0.717) is 12.1 Å². The highest BCUT2D eigenvalue weighted by Crippen LogP contribution is 2.28. The minimum absolute atomic E-state index is 0.0134. The van der Waals surface area contributed by atoms with Crippen molar-refractivity contribution in [2.75, 3.05) is 25.1 Å². The van der Waals surface area contributed by atoms with Crippen molar-refractivity contribution >= 4 is 11.6 Å². The molecular weight excluding hydrogens is 384 g/mol. The summed E-state index contributed by atoms with van der Waals surface area (Å²) in [5.41, 5.74) is 5.93. The predicted molar refractivity (Wildman–Crippen MR) is 126 cm³/mol. The highest BCUT2D eigenvalue weighted by atomic mass is 16.5. The van der Waals surface area contributed by atoms with Gasteiger partial charge in [-0.2, -0.15) is 0 Å². The highest BCUT2D eigenvalue weighted by Gasteiger charge is 2.16. The van der Waals surface area contributed by atoms with Gasteiger partial charge >= 0.3 is 0 Å². The monoisotopic (exact) mass is 414 g/mol. The molecule has 1 aliphatic heterocycles. The third-order valence-corrected chi connectivity index (χ3v) is 5.86. The number of para-hydroxylation sites is 1. The first kappa shape index (κ1) is 21.0. The van der Waals surface area contributed by atoms with Gasteiger partial charge in [0.1, 0.15) is 5.75 Å². The normalized spacial score (nSPS) is 12.9. The third kappa shape index (κ3) is 5.46. The first-order chi connectivity index (χ1) is 15.2. The molecule has 0 unspecified atom stereocenters. The Kier molecular flexibility index (Phi) is 6.88. The molecule has 3 aromatic rings. The standard InChI is InChI=1S/C27H30N2O2/c1-31-25-11-4-7-21(19-25)8-5-17-28-27(30)24-15-13-22(14-16-24)20-29-18-6-10-23-9-2-3-12-26(23)29/h2-4,7,9,11-16,19H,5-6,8,10,17-18,20H2,1H3,(H,28,30). The van der Waals surface area contributed by atoms with Crippen LogP contribution in [0.5, 0.6) is 5.75 Å². The van der Waals surface area contributed by atoms with E-state index in [-0.39, 0.29) is 5.91 Å². The number of methoxy groups -OCH3 is 1. The summed E-state index contributed by atoms with van der Waals surface area (Å²) >= 11 is 0. The van der Waals surface area contributed by atoms with E-state index in [1.165, 1.54) is 28.8 Å². The molecule has 4 rings (SSSR count). The average Bonchev–Trinajstić information content (AvgIpc) is 2.82. The summed E-state index contributed by atoms with van der Waals surface area (Å²) in [5, 5.41) is 3.03. The number of hydrogen-bond acceptors (Lipinski definition) is 3. The summed E-state index contributed by atoms with van der Waals surface area (Å²) < 4.78 is 5.26. The van der Waals surface area contributed by atoms with Crippen molar-refractivity contribution in [2.45, 2.75) is 32.2 Å². The predicted octanol–water partition coefficient (Wildman–Crippen LogP) is 5.01. The van der Waals surface area contributed by atoms with Gasteiger partial charge in [-0.1, -0.05) is 42.5 Å². The fourth-order valence-corrected chi connectivity index (χ4v) is 4.18. The summed E-state index contributed by atoms with van der Waals surface area (Å²) in [5.74, 6) is 0.857. The molecule has 0 aliphatic carbocycles. The fraction of sp³-hybridized carbons (Fsp3) is 0.296. The number of nitrogens with zero attached hydrogens (tertiary/aromatic N) is 1. The lowest BCUT2D eigenvalue weighted by atomic mass is 10.0. The van der Waals surface area contributed by atoms with E-state index in [0.717, 1.165) is 38.1 Å². The lowest BCUT2D eigenvalue weighted by Gasteiger charge is -2.31. The highest BCUT2D eigenvalue weighted by molar-refractivity contribution is 5.94. The molecule has 31 heavy (non-hydrogen) atoms. The minimum Gasteiger partial charge on any atom is -0.497 e. The molecule has 0 spiro atoms. The number of aryl methyl sites for hydroxylation is 2. The second-order valence-electron chi connectivity index (χ2n) is 8.06. The van der Waals surface area contributed by atoms with Gasteiger partial charge in [-0.05, 0) is 72.7 Å². The molecule has 0 bridgehead atoms. The number of hydrogen-bond donors (Lipinski definition) is 1. The van der Waals surface area contributed by atoms with Crippen molar-refractivity contribution in [1.29, 1.82) is 0 Å². The molecule has 0 saturated carbocycles. The van der Waals surface area contributed by atoms with E-state index in [2.05, 4.69) is 52.7 Å². The molecule has 1 aliphatic rings. The van der Waals surface area contributed by atoms with Crippen LogP contribution < -0.4 is 15.0 Å². The molecule has 0 saturated heterocycles. The maximum Gasteiger partial charge on any atom is 0.251 e. The number of carbonyl (C=O) groups excluding carboxylic acids is 1. The summed E-state index contributed by atoms with van der Waals surface area (Å²) in [6, 6.07) is 24.7. The zero-order valence-corrected chi connectivity index (χ0v) is 18.1. The Bertz CT molecular complexity index is 1010. The summed E-state index contributed by atoms with van der Waals surface area (Å²) in [6.07, 6.45) is 4.15. The Labute approximate surface area is 184 Å². The van der Waals surface area contributed by atoms with E-state index in [9.17, 15) is 4.79 Å². The quantitative estimate of drug-likeness (QED) is 0.527. The van der Waals surface area contributed by atoms with Crippen molar-refractivity contribution < 1.29 is 9.53 Å². The van der Waals surface area contributed by atoms with Gasteiger partial charge in [0.2, 0.25) is 0 Å². The number of fused-ring (bicyclic) bond motifs is 1. The van der Waals surface area contributed by atoms with Crippen LogP contribution in [0.1, 0.15) is 39.9 Å². The maximum absolute atomic E-state index is 12.5. The molecule has 1 N–H and O–H groups in total. The Morgan fingerprint density at radius 2 is 1.84 bits per heavy atom. The Morgan fingerprint density at radius 3 is 2.68 bits per heavy atom. The second-order valence-corrected chi connectivity index (χ2v) is 8.06. The van der Waals surface area contributed by atoms with Crippen LogP contribution in [0.4, 0.5) is 5.69 Å². The van der Waals surface area contributed by atoms with Crippen molar-refractivity contribution in [1.82, 2.24) is 5.32 Å². The molecule has 1 heterocycles. The van der Waals surface area contributed by atoms with E-state index in [4.69, 9.17) is 4.74 Å². The van der Waals surface area contributed by atoms with Crippen LogP contribution in [0.15, 0.2) is 72.8 Å². The maximum atomic E-state index is 12.5. The summed E-state index contributed by atoms with van der Waals surface area (Å²) in [6.45, 7) is 2.61. The van der Waals surface area contributed by atoms with Gasteiger partial charge in [0.15, 0.2) is 0 Å². The number of carbonyl (C=O) groups is 1. The van der Waals surface area contributed by atoms with Gasteiger partial charge in [0, 0.05) is 30.9 Å². The number of nitrogens with one attached hydrogen (secondary N) is 1. The lowest BCUT2D eigenvalue weighted by molar-refractivity contribution is 0.0953. The molecule has 0 aromatic heterocycles. The van der Waals surface area contributed by atoms with E-state index in [1.807, 2.05) is 30.3 Å². The molecule has 4 nitrogen and oxygen atoms in total. The number of rotatable bonds is 8. The van der Waals surface area contributed by atoms with Crippen LogP contribution in [0.2, 0.25) is 0 Å². The number of anilines is 1. The molecule has 1 amide bonds. The van der Waals surface area contributed by atoms with Gasteiger partial charge < -0.3 is 15.0 Å². The van der Waals surface area contributed by atoms with Crippen LogP contribution >= 0.6 is 0 Å². The number of amides is 1. The topological polar surface area (TPSA) is 41.6 Å². The van der Waals surface area contributed by atoms with Gasteiger partial charge in [-0.25, -0.2) is 0 Å². The zero-order chi connectivity index (χ0) is 21.5. The molecule has 4 heteroatoms. The number of benzene rings is 3. The van der Waals surface area contributed by atoms with Crippen LogP contribution in [0.25, 0.3) is 0 Å². The third-order valence-electron chi connectivity index (χ3n) is 5.86. The van der Waals surface area contributed by atoms with Crippen molar-refractivity contribution in [3.8, 4) is 5.75 Å². The number of ether oxygens (including phenoxy) is 1. The van der Waals surface area contributed by atoms with E-state index in [1.54, 1.807) is 7.11 Å². The Balaban J connectivity index is 1.27. The first-order valence-electron chi connectivity index (χ1n) is 11.1. The Hall–Kier alpha value is -3.27. The average molecular weight is 415 g/mol. The van der Waals surface area contributed by atoms with Crippen LogP contribution in [-0.4, -0.2) is 26.1 Å². The van der Waals surface area contributed by atoms with E-state index < -0.39 is 0 Å². The lowest BCUT2D eigenvalue weighted by Crippen LogP contribution is -2.28. The largest absolute Gasteiger partial charge is 0.497 e. The van der Waals surface area contributed by atoms with Crippen molar-refractivity contribution in [2.24, 2.45) is 0 Å². The van der Waals surface area contributed by atoms with Crippen molar-refractivity contribution in [3.63, 3.8) is 0 Å². The van der Waals surface area contributed by atoms with Gasteiger partial charge in [-0.3, -0.25) is 4.79 Å². The van der Waals surface area contributed by atoms with Crippen LogP contribution in [0.3, 0.4) is 0 Å². The summed E-state index contributed by atoms with van der Waals surface area (Å²) in [4.78, 5) is 14.9. The molecule has 0 fully saturated rings. The van der Waals surface area contributed by atoms with E-state index >= 15 is 0 Å². The Morgan fingerprint density at radius 1 is 1.00 bits per heavy atom. The zero-order valence-electron chi connectivity index (χ0n) is 18.1. The molecular formula is C27H30N2O2. The minimum atomic E-state index is -0.0134. The SMILES string of the molecule is COc1cccc(CCCNC(=O)c2ccc(CN3CCCc4ccccc43)cc2)c1. The molecule has 3 aromatic carbocycles. The smallest absolute Gasteiger partial charge is 0.251 e. The molecule has 0 radical (unpaired) electrons.